The van der Waals surface area contributed by atoms with Crippen LogP contribution in [0.4, 0.5) is 10.2 Å². The minimum absolute atomic E-state index is 0.222. The minimum Gasteiger partial charge on any atom is -0.493 e. The molecule has 0 saturated heterocycles. The smallest absolute Gasteiger partial charge is 0.171 e. The summed E-state index contributed by atoms with van der Waals surface area (Å²) < 4.78 is 26.5. The zero-order valence-corrected chi connectivity index (χ0v) is 12.3. The van der Waals surface area contributed by atoms with Crippen molar-refractivity contribution in [3.8, 4) is 22.6 Å². The number of halogens is 2. The van der Waals surface area contributed by atoms with Gasteiger partial charge in [-0.25, -0.2) is 4.39 Å². The summed E-state index contributed by atoms with van der Waals surface area (Å²) in [7, 11) is 4.61. The molecule has 7 heteroatoms. The monoisotopic (exact) mass is 329 g/mol. The standard InChI is InChI=1S/C12H13BrFN3O2/c1-17-12(15)6(5-16-17)9-10(14)7(13)4-8(18-2)11(9)19-3/h4-5H,15H2,1-3H3. The number of anilines is 1. The summed E-state index contributed by atoms with van der Waals surface area (Å²) >= 11 is 3.15. The number of nitrogen functional groups attached to an aromatic ring is 1. The first-order chi connectivity index (χ1) is 9.01. The first-order valence-electron chi connectivity index (χ1n) is 5.39. The molecule has 2 aromatic rings. The number of rotatable bonds is 3. The van der Waals surface area contributed by atoms with Gasteiger partial charge in [-0.05, 0) is 15.9 Å². The van der Waals surface area contributed by atoms with Crippen LogP contribution < -0.4 is 15.2 Å². The van der Waals surface area contributed by atoms with Crippen molar-refractivity contribution in [1.29, 1.82) is 0 Å². The Kier molecular flexibility index (Phi) is 3.66. The SMILES string of the molecule is COc1cc(Br)c(F)c(-c2cnn(C)c2N)c1OC. The van der Waals surface area contributed by atoms with Crippen LogP contribution in [0.15, 0.2) is 16.7 Å². The number of hydrogen-bond donors (Lipinski definition) is 1. The van der Waals surface area contributed by atoms with Crippen LogP contribution in [0.2, 0.25) is 0 Å². The lowest BCUT2D eigenvalue weighted by Crippen LogP contribution is -2.01. The molecule has 0 atom stereocenters. The van der Waals surface area contributed by atoms with E-state index in [1.54, 1.807) is 7.05 Å². The highest BCUT2D eigenvalue weighted by atomic mass is 79.9. The Bertz CT molecular complexity index is 628. The van der Waals surface area contributed by atoms with Crippen molar-refractivity contribution in [1.82, 2.24) is 9.78 Å². The Morgan fingerprint density at radius 1 is 1.37 bits per heavy atom. The van der Waals surface area contributed by atoms with E-state index in [-0.39, 0.29) is 15.8 Å². The molecule has 1 heterocycles. The maximum absolute atomic E-state index is 14.4. The lowest BCUT2D eigenvalue weighted by Gasteiger charge is -2.14. The molecule has 0 aliphatic heterocycles. The number of ether oxygens (including phenoxy) is 2. The van der Waals surface area contributed by atoms with Crippen LogP contribution in [0.25, 0.3) is 11.1 Å². The van der Waals surface area contributed by atoms with Crippen molar-refractivity contribution in [3.05, 3.63) is 22.6 Å². The minimum atomic E-state index is -0.475. The molecule has 0 unspecified atom stereocenters. The van der Waals surface area contributed by atoms with E-state index in [1.807, 2.05) is 0 Å². The molecule has 0 aliphatic rings. The molecular formula is C12H13BrFN3O2. The fourth-order valence-corrected chi connectivity index (χ4v) is 2.23. The van der Waals surface area contributed by atoms with Gasteiger partial charge < -0.3 is 15.2 Å². The third kappa shape index (κ3) is 2.14. The molecule has 19 heavy (non-hydrogen) atoms. The van der Waals surface area contributed by atoms with Gasteiger partial charge >= 0.3 is 0 Å². The zero-order valence-electron chi connectivity index (χ0n) is 10.7. The lowest BCUT2D eigenvalue weighted by atomic mass is 10.1. The van der Waals surface area contributed by atoms with Gasteiger partial charge in [0.05, 0.1) is 36.0 Å². The highest BCUT2D eigenvalue weighted by Crippen LogP contribution is 2.44. The van der Waals surface area contributed by atoms with Crippen LogP contribution in [0.1, 0.15) is 0 Å². The number of aryl methyl sites for hydroxylation is 1. The topological polar surface area (TPSA) is 62.3 Å². The van der Waals surface area contributed by atoms with Crippen molar-refractivity contribution >= 4 is 21.7 Å². The molecule has 2 N–H and O–H groups in total. The highest BCUT2D eigenvalue weighted by Gasteiger charge is 2.23. The number of methoxy groups -OCH3 is 2. The van der Waals surface area contributed by atoms with Gasteiger partial charge in [-0.1, -0.05) is 0 Å². The molecule has 0 fully saturated rings. The second-order valence-corrected chi connectivity index (χ2v) is 4.70. The Balaban J connectivity index is 2.81. The van der Waals surface area contributed by atoms with Gasteiger partial charge in [-0.15, -0.1) is 0 Å². The fraction of sp³-hybridized carbons (Fsp3) is 0.250. The number of benzene rings is 1. The average Bonchev–Trinajstić information content (AvgIpc) is 2.72. The summed E-state index contributed by atoms with van der Waals surface area (Å²) in [6.07, 6.45) is 1.49. The molecule has 0 bridgehead atoms. The van der Waals surface area contributed by atoms with E-state index in [0.717, 1.165) is 0 Å². The maximum Gasteiger partial charge on any atom is 0.171 e. The molecule has 0 saturated carbocycles. The van der Waals surface area contributed by atoms with Gasteiger partial charge in [0.15, 0.2) is 11.5 Å². The first kappa shape index (κ1) is 13.7. The Hall–Kier alpha value is -1.76. The normalized spacial score (nSPS) is 10.6. The quantitative estimate of drug-likeness (QED) is 0.940. The second-order valence-electron chi connectivity index (χ2n) is 3.85. The maximum atomic E-state index is 14.4. The van der Waals surface area contributed by atoms with Gasteiger partial charge in [0.25, 0.3) is 0 Å². The summed E-state index contributed by atoms with van der Waals surface area (Å²) in [5, 5.41) is 4.01. The summed E-state index contributed by atoms with van der Waals surface area (Å²) in [4.78, 5) is 0. The molecule has 2 rings (SSSR count). The molecule has 1 aromatic heterocycles. The molecular weight excluding hydrogens is 317 g/mol. The van der Waals surface area contributed by atoms with E-state index < -0.39 is 5.82 Å². The van der Waals surface area contributed by atoms with Crippen LogP contribution in [-0.4, -0.2) is 24.0 Å². The van der Waals surface area contributed by atoms with Crippen LogP contribution in [0.5, 0.6) is 11.5 Å². The largest absolute Gasteiger partial charge is 0.493 e. The predicted molar refractivity (Wildman–Crippen MR) is 73.8 cm³/mol. The average molecular weight is 330 g/mol. The lowest BCUT2D eigenvalue weighted by molar-refractivity contribution is 0.353. The third-order valence-electron chi connectivity index (χ3n) is 2.82. The number of nitrogens with zero attached hydrogens (tertiary/aromatic N) is 2. The summed E-state index contributed by atoms with van der Waals surface area (Å²) in [6, 6.07) is 1.50. The van der Waals surface area contributed by atoms with Crippen molar-refractivity contribution in [2.75, 3.05) is 20.0 Å². The van der Waals surface area contributed by atoms with E-state index in [1.165, 1.54) is 31.2 Å². The molecule has 0 aliphatic carbocycles. The van der Waals surface area contributed by atoms with E-state index in [4.69, 9.17) is 15.2 Å². The highest BCUT2D eigenvalue weighted by molar-refractivity contribution is 9.10. The number of nitrogens with two attached hydrogens (primary N) is 1. The van der Waals surface area contributed by atoms with Crippen molar-refractivity contribution in [2.24, 2.45) is 7.05 Å². The van der Waals surface area contributed by atoms with Gasteiger partial charge in [-0.2, -0.15) is 5.10 Å². The van der Waals surface area contributed by atoms with E-state index in [0.29, 0.717) is 17.1 Å². The molecule has 5 nitrogen and oxygen atoms in total. The third-order valence-corrected chi connectivity index (χ3v) is 3.39. The fourth-order valence-electron chi connectivity index (χ4n) is 1.82. The van der Waals surface area contributed by atoms with Crippen molar-refractivity contribution in [3.63, 3.8) is 0 Å². The Morgan fingerprint density at radius 3 is 2.53 bits per heavy atom. The molecule has 102 valence electrons. The van der Waals surface area contributed by atoms with Crippen molar-refractivity contribution < 1.29 is 13.9 Å². The zero-order chi connectivity index (χ0) is 14.2. The summed E-state index contributed by atoms with van der Waals surface area (Å²) in [5.41, 5.74) is 6.57. The van der Waals surface area contributed by atoms with Gasteiger partial charge in [0.1, 0.15) is 11.6 Å². The van der Waals surface area contributed by atoms with E-state index in [2.05, 4.69) is 21.0 Å². The van der Waals surface area contributed by atoms with Gasteiger partial charge in [0.2, 0.25) is 0 Å². The van der Waals surface area contributed by atoms with Crippen molar-refractivity contribution in [2.45, 2.75) is 0 Å². The van der Waals surface area contributed by atoms with Crippen LogP contribution in [-0.2, 0) is 7.05 Å². The molecule has 0 spiro atoms. The predicted octanol–water partition coefficient (Wildman–Crippen LogP) is 2.59. The van der Waals surface area contributed by atoms with E-state index in [9.17, 15) is 4.39 Å². The van der Waals surface area contributed by atoms with Crippen LogP contribution in [0.3, 0.4) is 0 Å². The van der Waals surface area contributed by atoms with Crippen LogP contribution >= 0.6 is 15.9 Å². The summed E-state index contributed by atoms with van der Waals surface area (Å²) in [5.74, 6) is 0.562. The second kappa shape index (κ2) is 5.08. The summed E-state index contributed by atoms with van der Waals surface area (Å²) in [6.45, 7) is 0. The molecule has 0 amide bonds. The van der Waals surface area contributed by atoms with E-state index >= 15 is 0 Å². The van der Waals surface area contributed by atoms with Gasteiger partial charge in [0, 0.05) is 13.1 Å². The molecule has 1 aromatic carbocycles. The number of hydrogen-bond acceptors (Lipinski definition) is 4. The Morgan fingerprint density at radius 2 is 2.05 bits per heavy atom. The first-order valence-corrected chi connectivity index (χ1v) is 6.18. The van der Waals surface area contributed by atoms with Gasteiger partial charge in [-0.3, -0.25) is 4.68 Å². The number of aromatic nitrogens is 2. The Labute approximate surface area is 118 Å². The van der Waals surface area contributed by atoms with Crippen LogP contribution in [0, 0.1) is 5.82 Å². The molecule has 0 radical (unpaired) electrons.